The number of hydrogen-bond acceptors (Lipinski definition) is 2. The molecule has 0 bridgehead atoms. The molecule has 3 aromatic rings. The van der Waals surface area contributed by atoms with Gasteiger partial charge in [-0.05, 0) is 48.7 Å². The Morgan fingerprint density at radius 3 is 2.72 bits per heavy atom. The number of para-hydroxylation sites is 1. The van der Waals surface area contributed by atoms with Crippen molar-refractivity contribution in [2.75, 3.05) is 6.54 Å². The zero-order valence-corrected chi connectivity index (χ0v) is 17.5. The predicted molar refractivity (Wildman–Crippen MR) is 115 cm³/mol. The van der Waals surface area contributed by atoms with Gasteiger partial charge in [0.2, 0.25) is 0 Å². The largest absolute Gasteiger partial charge is 0.445 e. The lowest BCUT2D eigenvalue weighted by Crippen LogP contribution is -2.57. The summed E-state index contributed by atoms with van der Waals surface area (Å²) in [4.78, 5) is 14.7. The molecule has 2 aliphatic heterocycles. The maximum Gasteiger partial charge on any atom is 0.410 e. The second-order valence-corrected chi connectivity index (χ2v) is 9.77. The van der Waals surface area contributed by atoms with Gasteiger partial charge in [0.25, 0.3) is 0 Å². The molecular formula is C24H24N2O2Si. The van der Waals surface area contributed by atoms with Crippen LogP contribution in [0.25, 0.3) is 5.69 Å². The van der Waals surface area contributed by atoms with E-state index in [0.717, 1.165) is 34.5 Å². The van der Waals surface area contributed by atoms with Crippen molar-refractivity contribution in [2.24, 2.45) is 0 Å². The molecule has 2 aromatic carbocycles. The van der Waals surface area contributed by atoms with E-state index in [1.165, 1.54) is 16.6 Å². The van der Waals surface area contributed by atoms with Crippen LogP contribution in [0.5, 0.6) is 0 Å². The zero-order chi connectivity index (χ0) is 19.8. The number of fused-ring (bicyclic) bond motifs is 4. The van der Waals surface area contributed by atoms with E-state index in [1.807, 2.05) is 35.2 Å². The van der Waals surface area contributed by atoms with E-state index in [2.05, 4.69) is 54.1 Å². The van der Waals surface area contributed by atoms with Crippen LogP contribution in [0.3, 0.4) is 0 Å². The maximum absolute atomic E-state index is 12.7. The highest BCUT2D eigenvalue weighted by Crippen LogP contribution is 2.40. The Kier molecular flexibility index (Phi) is 4.55. The molecule has 1 spiro atoms. The lowest BCUT2D eigenvalue weighted by Gasteiger charge is -2.47. The topological polar surface area (TPSA) is 34.5 Å². The second kappa shape index (κ2) is 7.23. The summed E-state index contributed by atoms with van der Waals surface area (Å²) in [5, 5.41) is 1.52. The third-order valence-electron chi connectivity index (χ3n) is 6.17. The van der Waals surface area contributed by atoms with E-state index in [-0.39, 0.29) is 17.2 Å². The maximum atomic E-state index is 12.7. The summed E-state index contributed by atoms with van der Waals surface area (Å²) >= 11 is 0. The van der Waals surface area contributed by atoms with Crippen molar-refractivity contribution in [2.45, 2.75) is 37.5 Å². The average Bonchev–Trinajstić information content (AvgIpc) is 3.24. The lowest BCUT2D eigenvalue weighted by atomic mass is 9.87. The molecule has 3 heterocycles. The summed E-state index contributed by atoms with van der Waals surface area (Å²) in [6, 6.07) is 23.1. The van der Waals surface area contributed by atoms with Gasteiger partial charge in [-0.3, -0.25) is 0 Å². The molecule has 2 unspecified atom stereocenters. The molecule has 2 atom stereocenters. The number of amides is 1. The minimum absolute atomic E-state index is 0.105. The van der Waals surface area contributed by atoms with Crippen molar-refractivity contribution >= 4 is 20.8 Å². The summed E-state index contributed by atoms with van der Waals surface area (Å²) in [6.45, 7) is 3.21. The van der Waals surface area contributed by atoms with Crippen molar-refractivity contribution in [1.29, 1.82) is 0 Å². The number of piperidine rings is 1. The highest BCUT2D eigenvalue weighted by atomic mass is 28.2. The number of rotatable bonds is 2. The first kappa shape index (κ1) is 18.2. The highest BCUT2D eigenvalue weighted by molar-refractivity contribution is 6.59. The first-order chi connectivity index (χ1) is 14.2. The Morgan fingerprint density at radius 1 is 1.10 bits per heavy atom. The average molecular weight is 401 g/mol. The van der Waals surface area contributed by atoms with E-state index in [4.69, 9.17) is 4.74 Å². The van der Waals surface area contributed by atoms with Crippen molar-refractivity contribution in [3.63, 3.8) is 0 Å². The summed E-state index contributed by atoms with van der Waals surface area (Å²) in [5.74, 6) is 0. The Hall–Kier alpha value is -2.79. The van der Waals surface area contributed by atoms with E-state index < -0.39 is 0 Å². The Morgan fingerprint density at radius 2 is 1.90 bits per heavy atom. The highest BCUT2D eigenvalue weighted by Gasteiger charge is 2.45. The summed E-state index contributed by atoms with van der Waals surface area (Å²) in [6.07, 6.45) is 3.90. The monoisotopic (exact) mass is 400 g/mol. The minimum atomic E-state index is -0.203. The third kappa shape index (κ3) is 3.19. The number of benzene rings is 2. The molecule has 2 radical (unpaired) electrons. The molecular weight excluding hydrogens is 376 g/mol. The van der Waals surface area contributed by atoms with Gasteiger partial charge in [-0.1, -0.05) is 48.5 Å². The first-order valence-corrected chi connectivity index (χ1v) is 11.2. The van der Waals surface area contributed by atoms with Gasteiger partial charge < -0.3 is 14.2 Å². The van der Waals surface area contributed by atoms with Crippen LogP contribution in [0.4, 0.5) is 4.79 Å². The molecule has 0 aliphatic carbocycles. The van der Waals surface area contributed by atoms with Crippen LogP contribution in [0.2, 0.25) is 0 Å². The Bertz CT molecular complexity index is 1030. The smallest absolute Gasteiger partial charge is 0.410 e. The number of hydrogen-bond donors (Lipinski definition) is 0. The number of aromatic nitrogens is 1. The van der Waals surface area contributed by atoms with Gasteiger partial charge in [0.05, 0.1) is 9.52 Å². The van der Waals surface area contributed by atoms with Gasteiger partial charge in [-0.2, -0.15) is 0 Å². The molecule has 1 saturated heterocycles. The summed E-state index contributed by atoms with van der Waals surface area (Å²) in [5.41, 5.74) is 3.71. The molecule has 146 valence electrons. The fraction of sp³-hybridized carbons (Fsp3) is 0.292. The fourth-order valence-electron chi connectivity index (χ4n) is 4.76. The molecule has 1 aromatic heterocycles. The zero-order valence-electron chi connectivity index (χ0n) is 16.5. The van der Waals surface area contributed by atoms with Gasteiger partial charge in [0.1, 0.15) is 6.61 Å². The molecule has 29 heavy (non-hydrogen) atoms. The number of ether oxygens (including phenoxy) is 1. The van der Waals surface area contributed by atoms with Crippen LogP contribution >= 0.6 is 0 Å². The number of carbonyl (C=O) groups is 1. The number of likely N-dealkylation sites (tertiary alicyclic amines) is 1. The summed E-state index contributed by atoms with van der Waals surface area (Å²) < 4.78 is 7.96. The van der Waals surface area contributed by atoms with Gasteiger partial charge >= 0.3 is 6.09 Å². The van der Waals surface area contributed by atoms with E-state index in [9.17, 15) is 4.79 Å². The molecule has 0 saturated carbocycles. The molecule has 5 rings (SSSR count). The Balaban J connectivity index is 1.33. The minimum Gasteiger partial charge on any atom is -0.445 e. The van der Waals surface area contributed by atoms with Crippen molar-refractivity contribution in [3.8, 4) is 5.69 Å². The first-order valence-electron chi connectivity index (χ1n) is 10.2. The van der Waals surface area contributed by atoms with E-state index in [0.29, 0.717) is 6.61 Å². The van der Waals surface area contributed by atoms with Gasteiger partial charge in [0.15, 0.2) is 0 Å². The van der Waals surface area contributed by atoms with Crippen LogP contribution in [0.1, 0.15) is 31.0 Å². The fourth-order valence-corrected chi connectivity index (χ4v) is 6.75. The number of carbonyl (C=O) groups excluding carboxylic acids is 1. The van der Waals surface area contributed by atoms with Crippen LogP contribution in [0.15, 0.2) is 72.9 Å². The van der Waals surface area contributed by atoms with Crippen LogP contribution < -0.4 is 5.19 Å². The van der Waals surface area contributed by atoms with Crippen molar-refractivity contribution < 1.29 is 9.53 Å². The Labute approximate surface area is 173 Å². The number of nitrogens with zero attached hydrogens (tertiary/aromatic N) is 2. The van der Waals surface area contributed by atoms with Crippen LogP contribution in [0, 0.1) is 0 Å². The van der Waals surface area contributed by atoms with Crippen LogP contribution in [-0.4, -0.2) is 37.7 Å². The summed E-state index contributed by atoms with van der Waals surface area (Å²) in [7, 11) is 0.724. The van der Waals surface area contributed by atoms with Gasteiger partial charge in [-0.15, -0.1) is 0 Å². The molecule has 4 nitrogen and oxygen atoms in total. The third-order valence-corrected chi connectivity index (χ3v) is 8.05. The molecule has 1 fully saturated rings. The molecule has 2 aliphatic rings. The lowest BCUT2D eigenvalue weighted by molar-refractivity contribution is 0.0639. The SMILES string of the molecule is CC1CC2(CCN1C(=O)OCc1ccccc1)[Si]c1ccccc1-n1cccc12. The second-order valence-electron chi connectivity index (χ2n) is 8.02. The van der Waals surface area contributed by atoms with Crippen LogP contribution in [-0.2, 0) is 16.4 Å². The van der Waals surface area contributed by atoms with Crippen molar-refractivity contribution in [3.05, 3.63) is 84.2 Å². The van der Waals surface area contributed by atoms with E-state index >= 15 is 0 Å². The molecule has 1 amide bonds. The van der Waals surface area contributed by atoms with E-state index in [1.54, 1.807) is 0 Å². The molecule has 5 heteroatoms. The van der Waals surface area contributed by atoms with Gasteiger partial charge in [-0.25, -0.2) is 4.79 Å². The molecule has 0 N–H and O–H groups in total. The predicted octanol–water partition coefficient (Wildman–Crippen LogP) is 3.84. The van der Waals surface area contributed by atoms with Crippen molar-refractivity contribution in [1.82, 2.24) is 9.47 Å². The van der Waals surface area contributed by atoms with Gasteiger partial charge in [0, 0.05) is 35.2 Å². The standard InChI is InChI=1S/C24H24N2O2Si/c1-18-16-24(13-15-25(18)23(27)28-17-19-8-3-2-4-9-19)22-12-7-14-26(22)20-10-5-6-11-21(20)29-24/h2-12,14,18H,13,15-17H2,1H3. The normalized spacial score (nSPS) is 22.8. The quantitative estimate of drug-likeness (QED) is 0.613.